The smallest absolute Gasteiger partial charge is 0.227 e. The molecular weight excluding hydrogens is 210 g/mol. The highest BCUT2D eigenvalue weighted by atomic mass is 32.1. The Morgan fingerprint density at radius 3 is 2.67 bits per heavy atom. The van der Waals surface area contributed by atoms with E-state index in [2.05, 4.69) is 32.8 Å². The van der Waals surface area contributed by atoms with E-state index in [1.807, 2.05) is 24.4 Å². The largest absolute Gasteiger partial charge is 0.347 e. The maximum Gasteiger partial charge on any atom is 0.227 e. The third kappa shape index (κ3) is 2.10. The minimum Gasteiger partial charge on any atom is -0.347 e. The predicted molar refractivity (Wildman–Crippen MR) is 63.0 cm³/mol. The molecular formula is C9H13N5S. The highest BCUT2D eigenvalue weighted by molar-refractivity contribution is 7.08. The first kappa shape index (κ1) is 9.97. The molecule has 2 aromatic rings. The Bertz CT molecular complexity index is 445. The van der Waals surface area contributed by atoms with Crippen molar-refractivity contribution < 1.29 is 0 Å². The fourth-order valence-corrected chi connectivity index (χ4v) is 1.91. The fourth-order valence-electron chi connectivity index (χ4n) is 1.13. The van der Waals surface area contributed by atoms with Gasteiger partial charge in [-0.3, -0.25) is 4.98 Å². The maximum absolute atomic E-state index is 4.00. The van der Waals surface area contributed by atoms with E-state index < -0.39 is 0 Å². The first-order valence-electron chi connectivity index (χ1n) is 4.56. The normalized spacial score (nSPS) is 10.3. The molecule has 0 aromatic carbocycles. The van der Waals surface area contributed by atoms with Crippen molar-refractivity contribution in [2.45, 2.75) is 6.92 Å². The number of thiophene rings is 1. The number of hydrogen-bond acceptors (Lipinski definition) is 5. The molecule has 0 bridgehead atoms. The van der Waals surface area contributed by atoms with Crippen molar-refractivity contribution >= 4 is 28.9 Å². The summed E-state index contributed by atoms with van der Waals surface area (Å²) in [6.07, 6.45) is 0. The van der Waals surface area contributed by atoms with Crippen molar-refractivity contribution in [2.24, 2.45) is 0 Å². The Balaban J connectivity index is 2.15. The molecule has 2 aromatic heterocycles. The molecule has 0 saturated heterocycles. The molecule has 0 aliphatic carbocycles. The van der Waals surface area contributed by atoms with E-state index in [1.54, 1.807) is 11.3 Å². The topological polar surface area (TPSA) is 56.8 Å². The van der Waals surface area contributed by atoms with Gasteiger partial charge in [0.15, 0.2) is 0 Å². The molecule has 2 N–H and O–H groups in total. The molecule has 15 heavy (non-hydrogen) atoms. The quantitative estimate of drug-likeness (QED) is 0.835. The lowest BCUT2D eigenvalue weighted by Crippen LogP contribution is -2.10. The summed E-state index contributed by atoms with van der Waals surface area (Å²) in [4.78, 5) is 4.95. The maximum atomic E-state index is 4.00. The highest BCUT2D eigenvalue weighted by Gasteiger charge is 2.05. The summed E-state index contributed by atoms with van der Waals surface area (Å²) in [6, 6.07) is 0. The van der Waals surface area contributed by atoms with Gasteiger partial charge in [0.2, 0.25) is 11.9 Å². The molecule has 0 atom stereocenters. The van der Waals surface area contributed by atoms with Gasteiger partial charge >= 0.3 is 0 Å². The number of rotatable bonds is 3. The van der Waals surface area contributed by atoms with Crippen molar-refractivity contribution in [1.82, 2.24) is 15.2 Å². The number of hydrogen-bond donors (Lipinski definition) is 2. The zero-order chi connectivity index (χ0) is 10.8. The SMILES string of the molecule is Cc1cscc1Nc1nnc(N(C)C)[nH]1. The summed E-state index contributed by atoms with van der Waals surface area (Å²) in [5, 5.41) is 15.3. The van der Waals surface area contributed by atoms with Crippen LogP contribution in [0.1, 0.15) is 5.56 Å². The van der Waals surface area contributed by atoms with Gasteiger partial charge in [0.05, 0.1) is 5.69 Å². The van der Waals surface area contributed by atoms with E-state index in [0.717, 1.165) is 11.6 Å². The summed E-state index contributed by atoms with van der Waals surface area (Å²) in [5.41, 5.74) is 2.28. The van der Waals surface area contributed by atoms with Crippen LogP contribution in [0.5, 0.6) is 0 Å². The monoisotopic (exact) mass is 223 g/mol. The fraction of sp³-hybridized carbons (Fsp3) is 0.333. The minimum absolute atomic E-state index is 0.667. The molecule has 0 unspecified atom stereocenters. The Kier molecular flexibility index (Phi) is 2.59. The average Bonchev–Trinajstić information content (AvgIpc) is 2.77. The highest BCUT2D eigenvalue weighted by Crippen LogP contribution is 2.22. The van der Waals surface area contributed by atoms with Crippen molar-refractivity contribution in [3.8, 4) is 0 Å². The van der Waals surface area contributed by atoms with Crippen LogP contribution in [0.25, 0.3) is 0 Å². The molecule has 0 amide bonds. The zero-order valence-electron chi connectivity index (χ0n) is 8.90. The van der Waals surface area contributed by atoms with Crippen LogP contribution in [0.15, 0.2) is 10.8 Å². The number of aromatic amines is 1. The zero-order valence-corrected chi connectivity index (χ0v) is 9.72. The standard InChI is InChI=1S/C9H13N5S/c1-6-4-15-5-7(6)10-8-11-9(13-12-8)14(2)3/h4-5H,1-3H3,(H2,10,11,12,13). The van der Waals surface area contributed by atoms with Crippen molar-refractivity contribution in [1.29, 1.82) is 0 Å². The van der Waals surface area contributed by atoms with E-state index >= 15 is 0 Å². The van der Waals surface area contributed by atoms with Gasteiger partial charge in [0, 0.05) is 19.5 Å². The molecule has 0 fully saturated rings. The lowest BCUT2D eigenvalue weighted by atomic mass is 10.3. The Labute approximate surface area is 92.2 Å². The van der Waals surface area contributed by atoms with E-state index in [1.165, 1.54) is 5.56 Å². The van der Waals surface area contributed by atoms with Gasteiger partial charge in [-0.2, -0.15) is 0 Å². The number of aryl methyl sites for hydroxylation is 1. The molecule has 2 rings (SSSR count). The van der Waals surface area contributed by atoms with Gasteiger partial charge in [0.25, 0.3) is 0 Å². The Morgan fingerprint density at radius 1 is 1.33 bits per heavy atom. The van der Waals surface area contributed by atoms with Crippen LogP contribution in [-0.4, -0.2) is 29.3 Å². The van der Waals surface area contributed by atoms with Crippen molar-refractivity contribution in [2.75, 3.05) is 24.3 Å². The number of H-pyrrole nitrogens is 1. The molecule has 0 saturated carbocycles. The minimum atomic E-state index is 0.667. The first-order chi connectivity index (χ1) is 7.16. The van der Waals surface area contributed by atoms with Crippen LogP contribution in [0.3, 0.4) is 0 Å². The van der Waals surface area contributed by atoms with Gasteiger partial charge in [-0.05, 0) is 17.9 Å². The third-order valence-electron chi connectivity index (χ3n) is 2.01. The van der Waals surface area contributed by atoms with Crippen LogP contribution < -0.4 is 10.2 Å². The number of nitrogens with one attached hydrogen (secondary N) is 2. The van der Waals surface area contributed by atoms with Crippen LogP contribution in [0, 0.1) is 6.92 Å². The summed E-state index contributed by atoms with van der Waals surface area (Å²) < 4.78 is 0. The average molecular weight is 223 g/mol. The van der Waals surface area contributed by atoms with E-state index in [0.29, 0.717) is 5.95 Å². The summed E-state index contributed by atoms with van der Waals surface area (Å²) in [5.74, 6) is 1.41. The second kappa shape index (κ2) is 3.90. The van der Waals surface area contributed by atoms with Crippen molar-refractivity contribution in [3.05, 3.63) is 16.3 Å². The van der Waals surface area contributed by atoms with Crippen molar-refractivity contribution in [3.63, 3.8) is 0 Å². The Hall–Kier alpha value is -1.56. The summed E-state index contributed by atoms with van der Waals surface area (Å²) in [7, 11) is 3.83. The second-order valence-corrected chi connectivity index (χ2v) is 4.23. The summed E-state index contributed by atoms with van der Waals surface area (Å²) in [6.45, 7) is 2.06. The molecule has 80 valence electrons. The van der Waals surface area contributed by atoms with E-state index in [4.69, 9.17) is 0 Å². The van der Waals surface area contributed by atoms with Gasteiger partial charge < -0.3 is 10.2 Å². The van der Waals surface area contributed by atoms with Gasteiger partial charge in [-0.25, -0.2) is 0 Å². The molecule has 6 heteroatoms. The molecule has 0 radical (unpaired) electrons. The molecule has 2 heterocycles. The summed E-state index contributed by atoms with van der Waals surface area (Å²) >= 11 is 1.66. The van der Waals surface area contributed by atoms with E-state index in [9.17, 15) is 0 Å². The second-order valence-electron chi connectivity index (χ2n) is 3.49. The van der Waals surface area contributed by atoms with Crippen LogP contribution >= 0.6 is 11.3 Å². The van der Waals surface area contributed by atoms with Crippen LogP contribution in [-0.2, 0) is 0 Å². The first-order valence-corrected chi connectivity index (χ1v) is 5.51. The van der Waals surface area contributed by atoms with Gasteiger partial charge in [-0.1, -0.05) is 0 Å². The molecule has 0 aliphatic rings. The molecule has 5 nitrogen and oxygen atoms in total. The van der Waals surface area contributed by atoms with Gasteiger partial charge in [-0.15, -0.1) is 21.5 Å². The van der Waals surface area contributed by atoms with E-state index in [-0.39, 0.29) is 0 Å². The third-order valence-corrected chi connectivity index (χ3v) is 2.87. The molecule has 0 aliphatic heterocycles. The van der Waals surface area contributed by atoms with Gasteiger partial charge in [0.1, 0.15) is 0 Å². The molecule has 0 spiro atoms. The lowest BCUT2D eigenvalue weighted by molar-refractivity contribution is 0.999. The van der Waals surface area contributed by atoms with Crippen LogP contribution in [0.2, 0.25) is 0 Å². The van der Waals surface area contributed by atoms with Crippen LogP contribution in [0.4, 0.5) is 17.6 Å². The predicted octanol–water partition coefficient (Wildman–Crippen LogP) is 1.98. The Morgan fingerprint density at radius 2 is 2.13 bits per heavy atom. The lowest BCUT2D eigenvalue weighted by Gasteiger charge is -2.05. The number of aromatic nitrogens is 3. The number of anilines is 3. The number of nitrogens with zero attached hydrogens (tertiary/aromatic N) is 3.